The van der Waals surface area contributed by atoms with Crippen LogP contribution in [0.2, 0.25) is 0 Å². The van der Waals surface area contributed by atoms with E-state index in [1.807, 2.05) is 0 Å². The average Bonchev–Trinajstić information content (AvgIpc) is 2.91. The van der Waals surface area contributed by atoms with Gasteiger partial charge in [-0.15, -0.1) is 0 Å². The van der Waals surface area contributed by atoms with Crippen molar-refractivity contribution in [3.8, 4) is 11.1 Å². The Bertz CT molecular complexity index is 1280. The molecule has 1 aliphatic rings. The number of anilines is 2. The molecule has 0 saturated heterocycles. The van der Waals surface area contributed by atoms with Crippen LogP contribution < -0.4 is 9.34 Å². The van der Waals surface area contributed by atoms with Crippen molar-refractivity contribution in [1.29, 1.82) is 0 Å². The Morgan fingerprint density at radius 2 is 1.06 bits per heavy atom. The number of nitrogens with zero attached hydrogens (tertiary/aromatic N) is 3. The van der Waals surface area contributed by atoms with Gasteiger partial charge in [0.1, 0.15) is 0 Å². The van der Waals surface area contributed by atoms with Crippen LogP contribution in [-0.4, -0.2) is 47.4 Å². The Balaban J connectivity index is 1.90. The summed E-state index contributed by atoms with van der Waals surface area (Å²) in [4.78, 5) is 0. The summed E-state index contributed by atoms with van der Waals surface area (Å²) in [6.07, 6.45) is -2.05. The molecule has 1 heterocycles. The third-order valence-electron chi connectivity index (χ3n) is 7.06. The average molecular weight is 549 g/mol. The molecule has 4 aromatic carbocycles. The molecule has 0 aromatic heterocycles. The van der Waals surface area contributed by atoms with Crippen LogP contribution in [0.5, 0.6) is 0 Å². The second-order valence-electron chi connectivity index (χ2n) is 10.6. The van der Waals surface area contributed by atoms with Crippen molar-refractivity contribution in [1.82, 2.24) is 4.67 Å². The summed E-state index contributed by atoms with van der Waals surface area (Å²) in [7, 11) is 4.60. The number of hydrogen-bond acceptors (Lipinski definition) is 3. The predicted octanol–water partition coefficient (Wildman–Crippen LogP) is 8.01. The van der Waals surface area contributed by atoms with E-state index in [1.165, 1.54) is 44.0 Å². The number of hydrogen-bond donors (Lipinski definition) is 0. The molecule has 1 aliphatic heterocycles. The molecule has 0 fully saturated rings. The van der Waals surface area contributed by atoms with Gasteiger partial charge in [-0.2, -0.15) is 0 Å². The zero-order valence-corrected chi connectivity index (χ0v) is 24.3. The normalized spacial score (nSPS) is 15.3. The maximum absolute atomic E-state index is 3.81. The van der Waals surface area contributed by atoms with E-state index in [9.17, 15) is 0 Å². The molecule has 35 heavy (non-hydrogen) atoms. The first kappa shape index (κ1) is 24.6. The quantitative estimate of drug-likeness (QED) is 0.185. The second-order valence-corrected chi connectivity index (χ2v) is 16.5. The van der Waals surface area contributed by atoms with E-state index in [2.05, 4.69) is 144 Å². The fourth-order valence-electron chi connectivity index (χ4n) is 5.58. The van der Waals surface area contributed by atoms with Crippen molar-refractivity contribution in [2.24, 2.45) is 11.8 Å². The fourth-order valence-corrected chi connectivity index (χ4v) is 10.7. The van der Waals surface area contributed by atoms with E-state index in [0.29, 0.717) is 11.8 Å². The van der Waals surface area contributed by atoms with Crippen molar-refractivity contribution < 1.29 is 0 Å². The molecule has 181 valence electrons. The van der Waals surface area contributed by atoms with E-state index in [1.54, 1.807) is 0 Å². The Labute approximate surface area is 219 Å². The van der Waals surface area contributed by atoms with Gasteiger partial charge in [0.15, 0.2) is 0 Å². The maximum atomic E-state index is 3.81. The molecule has 5 rings (SSSR count). The minimum absolute atomic E-state index is 0.580. The van der Waals surface area contributed by atoms with Crippen LogP contribution in [0.1, 0.15) is 27.7 Å². The van der Waals surface area contributed by atoms with Gasteiger partial charge in [-0.05, 0) is 0 Å². The van der Waals surface area contributed by atoms with Gasteiger partial charge >= 0.3 is 220 Å². The van der Waals surface area contributed by atoms with Crippen molar-refractivity contribution >= 4 is 54.9 Å². The van der Waals surface area contributed by atoms with Crippen molar-refractivity contribution in [2.75, 3.05) is 36.5 Å². The van der Waals surface area contributed by atoms with Gasteiger partial charge in [0, 0.05) is 0 Å². The van der Waals surface area contributed by atoms with Crippen LogP contribution in [0, 0.1) is 11.8 Å². The van der Waals surface area contributed by atoms with Crippen LogP contribution in [0.4, 0.5) is 11.4 Å². The summed E-state index contributed by atoms with van der Waals surface area (Å²) in [5.74, 6) is 1.16. The molecule has 4 aromatic rings. The molecule has 0 spiro atoms. The molecular formula is C30H36N3PSe+. The van der Waals surface area contributed by atoms with Crippen molar-refractivity contribution in [3.63, 3.8) is 0 Å². The molecule has 5 heteroatoms. The number of rotatable bonds is 5. The Hall–Kier alpha value is -2.09. The molecule has 0 bridgehead atoms. The first-order valence-corrected chi connectivity index (χ1v) is 16.5. The predicted molar refractivity (Wildman–Crippen MR) is 158 cm³/mol. The number of benzene rings is 4. The van der Waals surface area contributed by atoms with E-state index in [-0.39, 0.29) is 0 Å². The first-order valence-electron chi connectivity index (χ1n) is 12.6. The van der Waals surface area contributed by atoms with Crippen LogP contribution >= 0.6 is 6.40 Å². The standard InChI is InChI=1S/C30H36N3PSe/c1-21(2)19-33(20-22(3)4)34(35)31(5)27-17-15-23-11-7-9-13-25(23)29(27)30-26-14-10-8-12-24(26)16-18-28(30)32(34)6/h7-18,21-22H,19-20H2,1-6H3/q+1. The van der Waals surface area contributed by atoms with Gasteiger partial charge in [0.05, 0.1) is 0 Å². The van der Waals surface area contributed by atoms with Crippen LogP contribution in [-0.2, 0) is 0 Å². The minimum atomic E-state index is -2.05. The Kier molecular flexibility index (Phi) is 6.62. The Morgan fingerprint density at radius 1 is 0.657 bits per heavy atom. The van der Waals surface area contributed by atoms with Crippen LogP contribution in [0.3, 0.4) is 0 Å². The third kappa shape index (κ3) is 4.05. The molecule has 0 N–H and O–H groups in total. The van der Waals surface area contributed by atoms with Gasteiger partial charge in [-0.3, -0.25) is 0 Å². The van der Waals surface area contributed by atoms with E-state index in [4.69, 9.17) is 0 Å². The van der Waals surface area contributed by atoms with Crippen molar-refractivity contribution in [2.45, 2.75) is 27.7 Å². The summed E-state index contributed by atoms with van der Waals surface area (Å²) in [5.41, 5.74) is 5.29. The van der Waals surface area contributed by atoms with Gasteiger partial charge < -0.3 is 0 Å². The second kappa shape index (κ2) is 9.41. The molecule has 0 atom stereocenters. The van der Waals surface area contributed by atoms with Gasteiger partial charge in [-0.1, -0.05) is 0 Å². The summed E-state index contributed by atoms with van der Waals surface area (Å²) in [6.45, 7) is 11.4. The molecule has 0 saturated carbocycles. The van der Waals surface area contributed by atoms with Crippen LogP contribution in [0.25, 0.3) is 32.7 Å². The SMILES string of the molecule is CC(C)CN(CC(C)C)[P+]1([Se])N(C)c2ccc3ccccc3c2-c2c(ccc3ccccc23)N1C. The molecule has 1 radical (unpaired) electrons. The molecule has 0 aliphatic carbocycles. The third-order valence-corrected chi connectivity index (χ3v) is 14.7. The summed E-state index contributed by atoms with van der Waals surface area (Å²) in [5, 5.41) is 5.20. The fraction of sp³-hybridized carbons (Fsp3) is 0.333. The van der Waals surface area contributed by atoms with E-state index >= 15 is 0 Å². The monoisotopic (exact) mass is 549 g/mol. The topological polar surface area (TPSA) is 9.72 Å². The Morgan fingerprint density at radius 3 is 1.46 bits per heavy atom. The summed E-state index contributed by atoms with van der Waals surface area (Å²) < 4.78 is 7.90. The van der Waals surface area contributed by atoms with Gasteiger partial charge in [0.25, 0.3) is 0 Å². The zero-order valence-electron chi connectivity index (χ0n) is 21.7. The first-order chi connectivity index (χ1) is 16.7. The van der Waals surface area contributed by atoms with Crippen molar-refractivity contribution in [3.05, 3.63) is 72.8 Å². The summed E-state index contributed by atoms with van der Waals surface area (Å²) >= 11 is 3.81. The molecule has 3 nitrogen and oxygen atoms in total. The summed E-state index contributed by atoms with van der Waals surface area (Å²) in [6, 6.07) is 27.0. The molecule has 0 unspecified atom stereocenters. The zero-order chi connectivity index (χ0) is 24.9. The molecular weight excluding hydrogens is 512 g/mol. The van der Waals surface area contributed by atoms with E-state index in [0.717, 1.165) is 13.1 Å². The van der Waals surface area contributed by atoms with Crippen LogP contribution in [0.15, 0.2) is 72.8 Å². The molecule has 0 amide bonds. The van der Waals surface area contributed by atoms with E-state index < -0.39 is 6.40 Å². The van der Waals surface area contributed by atoms with Gasteiger partial charge in [0.2, 0.25) is 0 Å². The van der Waals surface area contributed by atoms with Gasteiger partial charge in [-0.25, -0.2) is 0 Å². The number of fused-ring (bicyclic) bond motifs is 7.